The van der Waals surface area contributed by atoms with Gasteiger partial charge in [-0.3, -0.25) is 9.78 Å². The number of carbonyl (C=O) groups is 1. The first-order chi connectivity index (χ1) is 17.1. The number of piperidine rings is 1. The van der Waals surface area contributed by atoms with Gasteiger partial charge in [0, 0.05) is 42.5 Å². The van der Waals surface area contributed by atoms with Crippen LogP contribution < -0.4 is 9.64 Å². The molecule has 2 heterocycles. The highest BCUT2D eigenvalue weighted by Gasteiger charge is 2.29. The van der Waals surface area contributed by atoms with Crippen molar-refractivity contribution in [3.05, 3.63) is 77.1 Å². The van der Waals surface area contributed by atoms with Crippen LogP contribution in [0.2, 0.25) is 0 Å². The molecule has 0 saturated carbocycles. The number of nitrogens with zero attached hydrogens (tertiary/aromatic N) is 2. The molecule has 1 fully saturated rings. The van der Waals surface area contributed by atoms with Gasteiger partial charge in [0.1, 0.15) is 5.82 Å². The molecule has 7 heteroatoms. The Morgan fingerprint density at radius 3 is 2.44 bits per heavy atom. The summed E-state index contributed by atoms with van der Waals surface area (Å²) in [6, 6.07) is 10.9. The molecule has 4 rings (SSSR count). The Bertz CT molecular complexity index is 1230. The molecule has 1 aromatic heterocycles. The monoisotopic (exact) mass is 494 g/mol. The van der Waals surface area contributed by atoms with E-state index in [0.717, 1.165) is 37.2 Å². The second kappa shape index (κ2) is 10.6. The quantitative estimate of drug-likeness (QED) is 0.403. The summed E-state index contributed by atoms with van der Waals surface area (Å²) in [4.78, 5) is 18.4. The predicted octanol–water partition coefficient (Wildman–Crippen LogP) is 6.21. The summed E-state index contributed by atoms with van der Waals surface area (Å²) in [5, 5.41) is 9.58. The van der Waals surface area contributed by atoms with Gasteiger partial charge in [-0.1, -0.05) is 32.0 Å². The van der Waals surface area contributed by atoms with E-state index in [9.17, 15) is 14.3 Å². The lowest BCUT2D eigenvalue weighted by molar-refractivity contribution is -0.136. The third kappa shape index (κ3) is 6.01. The number of benzene rings is 2. The van der Waals surface area contributed by atoms with Crippen molar-refractivity contribution >= 4 is 11.7 Å². The number of ether oxygens (including phenoxy) is 1. The highest BCUT2D eigenvalue weighted by atomic mass is 19.1. The van der Waals surface area contributed by atoms with E-state index in [0.29, 0.717) is 28.8 Å². The van der Waals surface area contributed by atoms with Gasteiger partial charge in [0.2, 0.25) is 0 Å². The number of aliphatic carboxylic acids is 1. The molecule has 1 aliphatic rings. The Labute approximate surface area is 210 Å². The lowest BCUT2D eigenvalue weighted by atomic mass is 9.82. The molecule has 1 aliphatic heterocycles. The van der Waals surface area contributed by atoms with Crippen molar-refractivity contribution in [2.75, 3.05) is 24.6 Å². The first kappa shape index (κ1) is 25.6. The molecule has 0 atom stereocenters. The highest BCUT2D eigenvalue weighted by Crippen LogP contribution is 2.40. The number of aromatic nitrogens is 1. The van der Waals surface area contributed by atoms with E-state index in [-0.39, 0.29) is 30.0 Å². The van der Waals surface area contributed by atoms with Crippen molar-refractivity contribution in [2.24, 2.45) is 5.41 Å². The summed E-state index contributed by atoms with van der Waals surface area (Å²) in [7, 11) is 0. The van der Waals surface area contributed by atoms with Crippen molar-refractivity contribution < 1.29 is 23.4 Å². The molecule has 2 aromatic carbocycles. The Kier molecular flexibility index (Phi) is 7.57. The Morgan fingerprint density at radius 1 is 1.11 bits per heavy atom. The largest absolute Gasteiger partial charge is 0.490 e. The number of rotatable bonds is 8. The van der Waals surface area contributed by atoms with Crippen molar-refractivity contribution in [3.63, 3.8) is 0 Å². The van der Waals surface area contributed by atoms with Gasteiger partial charge in [-0.05, 0) is 60.6 Å². The van der Waals surface area contributed by atoms with E-state index in [4.69, 9.17) is 4.74 Å². The number of anilines is 1. The normalized spacial score (nSPS) is 15.1. The van der Waals surface area contributed by atoms with Crippen LogP contribution in [-0.2, 0) is 17.6 Å². The molecule has 3 aromatic rings. The van der Waals surface area contributed by atoms with Crippen molar-refractivity contribution in [1.82, 2.24) is 4.98 Å². The zero-order valence-corrected chi connectivity index (χ0v) is 21.0. The second-order valence-corrected chi connectivity index (χ2v) is 10.2. The Morgan fingerprint density at radius 2 is 1.81 bits per heavy atom. The van der Waals surface area contributed by atoms with Crippen LogP contribution in [0.1, 0.15) is 43.5 Å². The maximum Gasteiger partial charge on any atom is 0.307 e. The topological polar surface area (TPSA) is 62.7 Å². The number of aryl methyl sites for hydroxylation is 1. The number of pyridine rings is 1. The van der Waals surface area contributed by atoms with E-state index >= 15 is 4.39 Å². The summed E-state index contributed by atoms with van der Waals surface area (Å²) in [5.41, 5.74) is 4.63. The van der Waals surface area contributed by atoms with Gasteiger partial charge in [0.15, 0.2) is 11.6 Å². The van der Waals surface area contributed by atoms with Gasteiger partial charge >= 0.3 is 5.97 Å². The van der Waals surface area contributed by atoms with Crippen molar-refractivity contribution in [3.8, 4) is 16.9 Å². The lowest BCUT2D eigenvalue weighted by Crippen LogP contribution is -2.38. The first-order valence-electron chi connectivity index (χ1n) is 12.3. The van der Waals surface area contributed by atoms with E-state index in [2.05, 4.69) is 23.7 Å². The fourth-order valence-corrected chi connectivity index (χ4v) is 4.62. The summed E-state index contributed by atoms with van der Waals surface area (Å²) in [6.45, 7) is 8.15. The molecular formula is C29H32F2N2O3. The lowest BCUT2D eigenvalue weighted by Gasteiger charge is -2.40. The average Bonchev–Trinajstić information content (AvgIpc) is 2.82. The van der Waals surface area contributed by atoms with Crippen LogP contribution in [0.25, 0.3) is 11.1 Å². The van der Waals surface area contributed by atoms with E-state index in [1.54, 1.807) is 30.5 Å². The van der Waals surface area contributed by atoms with Crippen LogP contribution in [0, 0.1) is 24.0 Å². The van der Waals surface area contributed by atoms with Crippen molar-refractivity contribution in [1.29, 1.82) is 0 Å². The predicted molar refractivity (Wildman–Crippen MR) is 137 cm³/mol. The Hall–Kier alpha value is -3.48. The van der Waals surface area contributed by atoms with Gasteiger partial charge < -0.3 is 14.7 Å². The molecule has 0 unspecified atom stereocenters. The summed E-state index contributed by atoms with van der Waals surface area (Å²) < 4.78 is 33.8. The first-order valence-corrected chi connectivity index (χ1v) is 12.3. The summed E-state index contributed by atoms with van der Waals surface area (Å²) in [5.74, 6) is -1.59. The van der Waals surface area contributed by atoms with E-state index in [1.165, 1.54) is 18.2 Å². The van der Waals surface area contributed by atoms with Gasteiger partial charge in [-0.25, -0.2) is 8.78 Å². The van der Waals surface area contributed by atoms with E-state index < -0.39 is 11.8 Å². The number of carboxylic acid groups (broad SMARTS) is 1. The highest BCUT2D eigenvalue weighted by molar-refractivity contribution is 5.84. The van der Waals surface area contributed by atoms with Gasteiger partial charge in [-0.15, -0.1) is 0 Å². The second-order valence-electron chi connectivity index (χ2n) is 10.2. The smallest absolute Gasteiger partial charge is 0.307 e. The molecule has 5 nitrogen and oxygen atoms in total. The van der Waals surface area contributed by atoms with Gasteiger partial charge in [0.25, 0.3) is 0 Å². The number of hydrogen-bond acceptors (Lipinski definition) is 4. The zero-order chi connectivity index (χ0) is 25.9. The van der Waals surface area contributed by atoms with Crippen molar-refractivity contribution in [2.45, 2.75) is 46.5 Å². The molecule has 0 radical (unpaired) electrons. The van der Waals surface area contributed by atoms with E-state index in [1.807, 2.05) is 6.92 Å². The zero-order valence-electron chi connectivity index (χ0n) is 21.0. The fraction of sp³-hybridized carbons (Fsp3) is 0.379. The Balaban J connectivity index is 1.61. The van der Waals surface area contributed by atoms with Crippen LogP contribution >= 0.6 is 0 Å². The fourth-order valence-electron chi connectivity index (χ4n) is 4.62. The van der Waals surface area contributed by atoms with Gasteiger partial charge in [-0.2, -0.15) is 0 Å². The minimum Gasteiger partial charge on any atom is -0.490 e. The molecule has 190 valence electrons. The molecule has 36 heavy (non-hydrogen) atoms. The summed E-state index contributed by atoms with van der Waals surface area (Å²) >= 11 is 0. The molecular weight excluding hydrogens is 462 g/mol. The maximum absolute atomic E-state index is 15.1. The third-order valence-corrected chi connectivity index (χ3v) is 6.93. The van der Waals surface area contributed by atoms with Crippen LogP contribution in [0.15, 0.2) is 48.7 Å². The molecule has 0 amide bonds. The van der Waals surface area contributed by atoms with Crippen LogP contribution in [0.5, 0.6) is 5.75 Å². The minimum absolute atomic E-state index is 0.132. The summed E-state index contributed by atoms with van der Waals surface area (Å²) in [6.07, 6.45) is 4.05. The maximum atomic E-state index is 15.1. The molecule has 1 saturated heterocycles. The molecule has 0 spiro atoms. The average molecular weight is 495 g/mol. The number of hydrogen-bond donors (Lipinski definition) is 1. The SMILES string of the molecule is Cc1ncc(-c2ccc(OCCc3ccc(F)cc3)c(F)c2)c(N2CCC(C)(C)CC2)c1CC(=O)O. The standard InChI is InChI=1S/C29H32F2N2O3/c1-19-23(17-27(34)35)28(33-13-11-29(2,3)12-14-33)24(18-32-19)21-6-9-26(25(31)16-21)36-15-10-20-4-7-22(30)8-5-20/h4-9,16,18H,10-15,17H2,1-3H3,(H,34,35). The molecule has 1 N–H and O–H groups in total. The third-order valence-electron chi connectivity index (χ3n) is 6.93. The van der Waals surface area contributed by atoms with Crippen LogP contribution in [0.3, 0.4) is 0 Å². The van der Waals surface area contributed by atoms with Gasteiger partial charge in [0.05, 0.1) is 18.7 Å². The number of halogens is 2. The minimum atomic E-state index is -0.924. The molecule has 0 bridgehead atoms. The van der Waals surface area contributed by atoms with Crippen LogP contribution in [-0.4, -0.2) is 35.8 Å². The molecule has 0 aliphatic carbocycles. The number of carboxylic acids is 1. The van der Waals surface area contributed by atoms with Crippen LogP contribution in [0.4, 0.5) is 14.5 Å².